The molecule has 2 rings (SSSR count). The summed E-state index contributed by atoms with van der Waals surface area (Å²) in [4.78, 5) is 8.30. The summed E-state index contributed by atoms with van der Waals surface area (Å²) in [5, 5.41) is 11.0. The molecule has 0 aliphatic carbocycles. The molecule has 0 aliphatic heterocycles. The van der Waals surface area contributed by atoms with E-state index in [1.54, 1.807) is 6.07 Å². The normalized spacial score (nSPS) is 10.8. The van der Waals surface area contributed by atoms with E-state index in [0.717, 1.165) is 0 Å². The molecule has 0 radical (unpaired) electrons. The SMILES string of the molecule is CC(C)c1noc(NCCNc2ncc(Cl)cc2Cl)n1. The van der Waals surface area contributed by atoms with E-state index in [1.165, 1.54) is 6.20 Å². The molecule has 0 unspecified atom stereocenters. The second-order valence-electron chi connectivity index (χ2n) is 4.45. The molecule has 0 fully saturated rings. The van der Waals surface area contributed by atoms with Crippen LogP contribution in [-0.2, 0) is 0 Å². The minimum atomic E-state index is 0.240. The van der Waals surface area contributed by atoms with Gasteiger partial charge in [-0.05, 0) is 6.07 Å². The molecule has 0 aromatic carbocycles. The van der Waals surface area contributed by atoms with E-state index in [0.29, 0.717) is 40.8 Å². The summed E-state index contributed by atoms with van der Waals surface area (Å²) in [6, 6.07) is 2.05. The number of hydrogen-bond acceptors (Lipinski definition) is 6. The van der Waals surface area contributed by atoms with Gasteiger partial charge in [-0.2, -0.15) is 4.98 Å². The second-order valence-corrected chi connectivity index (χ2v) is 5.29. The highest BCUT2D eigenvalue weighted by atomic mass is 35.5. The zero-order valence-electron chi connectivity index (χ0n) is 11.2. The van der Waals surface area contributed by atoms with Crippen LogP contribution >= 0.6 is 23.2 Å². The Kier molecular flexibility index (Phi) is 5.03. The lowest BCUT2D eigenvalue weighted by atomic mass is 10.2. The van der Waals surface area contributed by atoms with Gasteiger partial charge in [0.25, 0.3) is 0 Å². The molecule has 8 heteroatoms. The minimum absolute atomic E-state index is 0.240. The number of anilines is 2. The van der Waals surface area contributed by atoms with E-state index in [2.05, 4.69) is 25.8 Å². The molecule has 0 amide bonds. The summed E-state index contributed by atoms with van der Waals surface area (Å²) < 4.78 is 5.06. The summed E-state index contributed by atoms with van der Waals surface area (Å²) >= 11 is 11.8. The molecule has 6 nitrogen and oxygen atoms in total. The molecule has 2 heterocycles. The van der Waals surface area contributed by atoms with Crippen molar-refractivity contribution >= 4 is 35.0 Å². The van der Waals surface area contributed by atoms with Gasteiger partial charge >= 0.3 is 6.01 Å². The Morgan fingerprint density at radius 2 is 2.00 bits per heavy atom. The molecule has 0 saturated heterocycles. The zero-order chi connectivity index (χ0) is 14.5. The lowest BCUT2D eigenvalue weighted by Crippen LogP contribution is -2.14. The highest BCUT2D eigenvalue weighted by molar-refractivity contribution is 6.35. The van der Waals surface area contributed by atoms with E-state index in [1.807, 2.05) is 13.8 Å². The maximum Gasteiger partial charge on any atom is 0.321 e. The molecule has 2 aromatic heterocycles. The summed E-state index contributed by atoms with van der Waals surface area (Å²) in [6.07, 6.45) is 1.54. The highest BCUT2D eigenvalue weighted by Gasteiger charge is 2.08. The van der Waals surface area contributed by atoms with E-state index in [9.17, 15) is 0 Å². The Morgan fingerprint density at radius 3 is 2.65 bits per heavy atom. The quantitative estimate of drug-likeness (QED) is 0.795. The number of nitrogens with one attached hydrogen (secondary N) is 2. The van der Waals surface area contributed by atoms with E-state index in [4.69, 9.17) is 27.7 Å². The second kappa shape index (κ2) is 6.76. The van der Waals surface area contributed by atoms with Crippen molar-refractivity contribution in [2.45, 2.75) is 19.8 Å². The smallest absolute Gasteiger partial charge is 0.321 e. The van der Waals surface area contributed by atoms with Gasteiger partial charge in [-0.25, -0.2) is 4.98 Å². The van der Waals surface area contributed by atoms with Gasteiger partial charge in [-0.15, -0.1) is 0 Å². The number of halogens is 2. The molecule has 0 spiro atoms. The van der Waals surface area contributed by atoms with Gasteiger partial charge in [0.15, 0.2) is 5.82 Å². The average molecular weight is 316 g/mol. The van der Waals surface area contributed by atoms with Crippen molar-refractivity contribution in [1.29, 1.82) is 0 Å². The fraction of sp³-hybridized carbons (Fsp3) is 0.417. The van der Waals surface area contributed by atoms with Gasteiger partial charge in [0.1, 0.15) is 5.82 Å². The van der Waals surface area contributed by atoms with Crippen LogP contribution in [0.15, 0.2) is 16.8 Å². The van der Waals surface area contributed by atoms with Crippen molar-refractivity contribution in [2.75, 3.05) is 23.7 Å². The van der Waals surface area contributed by atoms with Crippen molar-refractivity contribution in [3.63, 3.8) is 0 Å². The molecule has 0 saturated carbocycles. The van der Waals surface area contributed by atoms with Gasteiger partial charge in [0.05, 0.1) is 10.0 Å². The van der Waals surface area contributed by atoms with E-state index >= 15 is 0 Å². The van der Waals surface area contributed by atoms with Crippen LogP contribution in [0.5, 0.6) is 0 Å². The van der Waals surface area contributed by atoms with Crippen LogP contribution in [0, 0.1) is 0 Å². The predicted molar refractivity (Wildman–Crippen MR) is 79.6 cm³/mol. The fourth-order valence-electron chi connectivity index (χ4n) is 1.44. The number of pyridine rings is 1. The maximum absolute atomic E-state index is 5.99. The van der Waals surface area contributed by atoms with Gasteiger partial charge in [-0.1, -0.05) is 42.2 Å². The lowest BCUT2D eigenvalue weighted by molar-refractivity contribution is 0.419. The predicted octanol–water partition coefficient (Wildman–Crippen LogP) is 3.42. The van der Waals surface area contributed by atoms with Crippen molar-refractivity contribution in [3.05, 3.63) is 28.1 Å². The fourth-order valence-corrected chi connectivity index (χ4v) is 1.88. The molecule has 2 N–H and O–H groups in total. The van der Waals surface area contributed by atoms with Crippen LogP contribution in [0.1, 0.15) is 25.6 Å². The Bertz CT molecular complexity index is 573. The van der Waals surface area contributed by atoms with Crippen molar-refractivity contribution in [1.82, 2.24) is 15.1 Å². The summed E-state index contributed by atoms with van der Waals surface area (Å²) in [6.45, 7) is 5.21. The first-order valence-electron chi connectivity index (χ1n) is 6.18. The lowest BCUT2D eigenvalue weighted by Gasteiger charge is -2.07. The Balaban J connectivity index is 1.78. The third-order valence-corrected chi connectivity index (χ3v) is 2.95. The van der Waals surface area contributed by atoms with E-state index < -0.39 is 0 Å². The highest BCUT2D eigenvalue weighted by Crippen LogP contribution is 2.22. The Hall–Kier alpha value is -1.53. The van der Waals surface area contributed by atoms with Crippen LogP contribution in [0.2, 0.25) is 10.0 Å². The first-order chi connectivity index (χ1) is 9.56. The molecule has 2 aromatic rings. The van der Waals surface area contributed by atoms with Crippen LogP contribution in [0.3, 0.4) is 0 Å². The van der Waals surface area contributed by atoms with Crippen LogP contribution in [-0.4, -0.2) is 28.2 Å². The van der Waals surface area contributed by atoms with Crippen molar-refractivity contribution < 1.29 is 4.52 Å². The number of rotatable bonds is 6. The third kappa shape index (κ3) is 3.98. The van der Waals surface area contributed by atoms with Crippen molar-refractivity contribution in [3.8, 4) is 0 Å². The zero-order valence-corrected chi connectivity index (χ0v) is 12.7. The minimum Gasteiger partial charge on any atom is -0.367 e. The molecule has 0 atom stereocenters. The van der Waals surface area contributed by atoms with Gasteiger partial charge in [0, 0.05) is 25.2 Å². The van der Waals surface area contributed by atoms with Gasteiger partial charge in [-0.3, -0.25) is 0 Å². The largest absolute Gasteiger partial charge is 0.367 e. The molecule has 20 heavy (non-hydrogen) atoms. The van der Waals surface area contributed by atoms with Crippen LogP contribution in [0.4, 0.5) is 11.8 Å². The Labute approximate surface area is 126 Å². The first kappa shape index (κ1) is 14.9. The first-order valence-corrected chi connectivity index (χ1v) is 6.94. The maximum atomic E-state index is 5.99. The molecule has 0 bridgehead atoms. The van der Waals surface area contributed by atoms with Gasteiger partial charge in [0.2, 0.25) is 0 Å². The standard InChI is InChI=1S/C12H15Cl2N5O/c1-7(2)10-18-12(20-19-10)16-4-3-15-11-9(14)5-8(13)6-17-11/h5-7H,3-4H2,1-2H3,(H,15,17)(H,16,18,19). The van der Waals surface area contributed by atoms with Gasteiger partial charge < -0.3 is 15.2 Å². The third-order valence-electron chi connectivity index (χ3n) is 2.46. The molecule has 108 valence electrons. The summed E-state index contributed by atoms with van der Waals surface area (Å²) in [7, 11) is 0. The monoisotopic (exact) mass is 315 g/mol. The summed E-state index contributed by atoms with van der Waals surface area (Å²) in [5.74, 6) is 1.51. The van der Waals surface area contributed by atoms with E-state index in [-0.39, 0.29) is 5.92 Å². The Morgan fingerprint density at radius 1 is 1.25 bits per heavy atom. The summed E-state index contributed by atoms with van der Waals surface area (Å²) in [5.41, 5.74) is 0. The molecular weight excluding hydrogens is 301 g/mol. The topological polar surface area (TPSA) is 75.9 Å². The molecule has 0 aliphatic rings. The van der Waals surface area contributed by atoms with Crippen LogP contribution < -0.4 is 10.6 Å². The number of nitrogens with zero attached hydrogens (tertiary/aromatic N) is 3. The molecular formula is C12H15Cl2N5O. The number of hydrogen-bond donors (Lipinski definition) is 2. The average Bonchev–Trinajstić information content (AvgIpc) is 2.85. The van der Waals surface area contributed by atoms with Crippen LogP contribution in [0.25, 0.3) is 0 Å². The number of aromatic nitrogens is 3. The van der Waals surface area contributed by atoms with Crippen molar-refractivity contribution in [2.24, 2.45) is 0 Å².